The van der Waals surface area contributed by atoms with Crippen molar-refractivity contribution in [3.05, 3.63) is 49.1 Å². The van der Waals surface area contributed by atoms with E-state index < -0.39 is 26.8 Å². The van der Waals surface area contributed by atoms with Crippen molar-refractivity contribution in [2.45, 2.75) is 25.4 Å². The number of pyridine rings is 2. The molecule has 2 heterocycles. The molecular formula is C14H20Br2N2O6P2. The molecule has 0 spiro atoms. The van der Waals surface area contributed by atoms with Crippen molar-refractivity contribution < 1.29 is 71.8 Å². The molecule has 0 amide bonds. The molecule has 146 valence electrons. The molecule has 0 saturated heterocycles. The maximum absolute atomic E-state index is 11.3. The molecule has 8 nitrogen and oxygen atoms in total. The zero-order valence-electron chi connectivity index (χ0n) is 13.9. The van der Waals surface area contributed by atoms with Crippen LogP contribution >= 0.6 is 15.2 Å². The lowest BCUT2D eigenvalue weighted by Gasteiger charge is -2.10. The Morgan fingerprint density at radius 2 is 0.923 bits per heavy atom. The molecule has 0 aliphatic carbocycles. The second-order valence-corrected chi connectivity index (χ2v) is 9.36. The Kier molecular flexibility index (Phi) is 9.50. The fourth-order valence-corrected chi connectivity index (χ4v) is 3.11. The zero-order valence-corrected chi connectivity index (χ0v) is 18.9. The highest BCUT2D eigenvalue weighted by atomic mass is 79.9. The summed E-state index contributed by atoms with van der Waals surface area (Å²) < 4.78 is 25.4. The van der Waals surface area contributed by atoms with Crippen LogP contribution < -0.4 is 43.1 Å². The van der Waals surface area contributed by atoms with Crippen molar-refractivity contribution in [2.24, 2.45) is 0 Å². The lowest BCUT2D eigenvalue weighted by atomic mass is 10.1. The molecule has 2 unspecified atom stereocenters. The standard InChI is InChI=1S/C14H18N2O6P2.2BrH/c1-11(23(17,18)19)15-7-3-13(4-8-15)14-5-9-16(10-6-14)12(2)24(20,21)22;;/h3-12H,1-2H3,(H2-2,17,18,19,20,21,22);2*1H. The largest absolute Gasteiger partial charge is 1.00 e. The summed E-state index contributed by atoms with van der Waals surface area (Å²) >= 11 is 0. The Morgan fingerprint density at radius 3 is 1.12 bits per heavy atom. The maximum Gasteiger partial charge on any atom is 0.392 e. The molecule has 2 rings (SSSR count). The van der Waals surface area contributed by atoms with Crippen LogP contribution in [0.1, 0.15) is 25.4 Å². The summed E-state index contributed by atoms with van der Waals surface area (Å²) in [5.41, 5.74) is 1.64. The third-order valence-electron chi connectivity index (χ3n) is 3.87. The van der Waals surface area contributed by atoms with Crippen LogP contribution in [0.3, 0.4) is 0 Å². The lowest BCUT2D eigenvalue weighted by molar-refractivity contribution is -0.701. The summed E-state index contributed by atoms with van der Waals surface area (Å²) in [5.74, 6) is -1.90. The zero-order chi connectivity index (χ0) is 18.1. The van der Waals surface area contributed by atoms with Crippen molar-refractivity contribution in [1.82, 2.24) is 0 Å². The van der Waals surface area contributed by atoms with E-state index in [9.17, 15) is 28.7 Å². The van der Waals surface area contributed by atoms with E-state index in [1.54, 1.807) is 49.1 Å². The third-order valence-corrected chi connectivity index (χ3v) is 6.36. The van der Waals surface area contributed by atoms with E-state index >= 15 is 0 Å². The van der Waals surface area contributed by atoms with Gasteiger partial charge >= 0.3 is 15.2 Å². The molecule has 12 heteroatoms. The maximum atomic E-state index is 11.3. The van der Waals surface area contributed by atoms with E-state index in [4.69, 9.17) is 0 Å². The van der Waals surface area contributed by atoms with Crippen LogP contribution in [0.2, 0.25) is 0 Å². The normalized spacial score (nSPS) is 13.9. The smallest absolute Gasteiger partial charge is 0.392 e. The van der Waals surface area contributed by atoms with Crippen molar-refractivity contribution in [3.8, 4) is 11.1 Å². The third kappa shape index (κ3) is 6.32. The molecule has 26 heavy (non-hydrogen) atoms. The minimum Gasteiger partial charge on any atom is -1.00 e. The molecule has 2 atom stereocenters. The SMILES string of the molecule is CC([n+]1ccc(-c2cc[n+](C(C)P(=O)(O)O)cc2)cc1)P(=O)(O)O.[Br-].[Br-]. The number of halogens is 2. The highest BCUT2D eigenvalue weighted by Gasteiger charge is 2.33. The Bertz CT molecular complexity index is 738. The van der Waals surface area contributed by atoms with Crippen LogP contribution in [-0.4, -0.2) is 19.6 Å². The summed E-state index contributed by atoms with van der Waals surface area (Å²) in [6.07, 6.45) is 6.33. The Labute approximate surface area is 172 Å². The molecule has 0 radical (unpaired) electrons. The molecule has 4 N–H and O–H groups in total. The Balaban J connectivity index is 0.00000312. The van der Waals surface area contributed by atoms with Gasteiger partial charge in [0.05, 0.1) is 0 Å². The van der Waals surface area contributed by atoms with E-state index in [0.29, 0.717) is 0 Å². The molecule has 0 aliphatic heterocycles. The van der Waals surface area contributed by atoms with E-state index in [-0.39, 0.29) is 34.0 Å². The Morgan fingerprint density at radius 1 is 0.692 bits per heavy atom. The van der Waals surface area contributed by atoms with Gasteiger partial charge in [0.15, 0.2) is 24.8 Å². The van der Waals surface area contributed by atoms with Crippen LogP contribution in [0.25, 0.3) is 11.1 Å². The quantitative estimate of drug-likeness (QED) is 0.226. The van der Waals surface area contributed by atoms with Crippen molar-refractivity contribution in [1.29, 1.82) is 0 Å². The number of hydrogen-bond donors (Lipinski definition) is 4. The molecule has 0 saturated carbocycles. The summed E-state index contributed by atoms with van der Waals surface area (Å²) in [4.78, 5) is 36.8. The first-order valence-corrected chi connectivity index (χ1v) is 10.5. The minimum atomic E-state index is -4.21. The summed E-state index contributed by atoms with van der Waals surface area (Å²) in [7, 11) is -8.43. The van der Waals surface area contributed by atoms with Crippen LogP contribution in [0.4, 0.5) is 0 Å². The van der Waals surface area contributed by atoms with E-state index in [1.807, 2.05) is 0 Å². The Hall–Kier alpha value is -0.440. The molecular weight excluding hydrogens is 514 g/mol. The summed E-state index contributed by atoms with van der Waals surface area (Å²) in [5, 5.41) is 0. The van der Waals surface area contributed by atoms with Gasteiger partial charge in [-0.2, -0.15) is 9.13 Å². The van der Waals surface area contributed by atoms with Crippen LogP contribution in [0, 0.1) is 0 Å². The molecule has 2 aromatic rings. The van der Waals surface area contributed by atoms with Gasteiger partial charge in [0.1, 0.15) is 0 Å². The minimum absolute atomic E-state index is 0. The van der Waals surface area contributed by atoms with Gasteiger partial charge in [-0.3, -0.25) is 9.13 Å². The van der Waals surface area contributed by atoms with Crippen molar-refractivity contribution in [2.75, 3.05) is 0 Å². The van der Waals surface area contributed by atoms with E-state index in [2.05, 4.69) is 0 Å². The fraction of sp³-hybridized carbons (Fsp3) is 0.286. The molecule has 0 aromatic carbocycles. The van der Waals surface area contributed by atoms with Crippen LogP contribution in [0.5, 0.6) is 0 Å². The average molecular weight is 534 g/mol. The fourth-order valence-electron chi connectivity index (χ4n) is 2.11. The van der Waals surface area contributed by atoms with E-state index in [1.165, 1.54) is 23.0 Å². The number of hydrogen-bond acceptors (Lipinski definition) is 2. The molecule has 0 bridgehead atoms. The van der Waals surface area contributed by atoms with Gasteiger partial charge < -0.3 is 53.5 Å². The molecule has 0 aliphatic rings. The highest BCUT2D eigenvalue weighted by molar-refractivity contribution is 7.51. The van der Waals surface area contributed by atoms with Gasteiger partial charge in [0.25, 0.3) is 11.6 Å². The van der Waals surface area contributed by atoms with Gasteiger partial charge in [0, 0.05) is 38.1 Å². The number of aromatic nitrogens is 2. The second kappa shape index (κ2) is 9.66. The number of rotatable bonds is 5. The van der Waals surface area contributed by atoms with Gasteiger partial charge in [0.2, 0.25) is 0 Å². The highest BCUT2D eigenvalue weighted by Crippen LogP contribution is 2.45. The second-order valence-electron chi connectivity index (χ2n) is 5.51. The lowest BCUT2D eigenvalue weighted by Crippen LogP contribution is -3.00. The van der Waals surface area contributed by atoms with Crippen LogP contribution in [0.15, 0.2) is 49.1 Å². The van der Waals surface area contributed by atoms with Crippen molar-refractivity contribution in [3.63, 3.8) is 0 Å². The van der Waals surface area contributed by atoms with Gasteiger partial charge in [-0.15, -0.1) is 0 Å². The first-order valence-electron chi connectivity index (χ1n) is 7.12. The van der Waals surface area contributed by atoms with Crippen molar-refractivity contribution >= 4 is 15.2 Å². The van der Waals surface area contributed by atoms with Gasteiger partial charge in [-0.05, 0) is 11.1 Å². The van der Waals surface area contributed by atoms with Gasteiger partial charge in [-0.25, -0.2) is 0 Å². The molecule has 0 fully saturated rings. The monoisotopic (exact) mass is 532 g/mol. The first-order chi connectivity index (χ1) is 11.0. The summed E-state index contributed by atoms with van der Waals surface area (Å²) in [6, 6.07) is 6.88. The van der Waals surface area contributed by atoms with Gasteiger partial charge in [-0.1, -0.05) is 0 Å². The first kappa shape index (κ1) is 25.6. The van der Waals surface area contributed by atoms with E-state index in [0.717, 1.165) is 11.1 Å². The van der Waals surface area contributed by atoms with Crippen LogP contribution in [-0.2, 0) is 9.13 Å². The number of nitrogens with zero attached hydrogens (tertiary/aromatic N) is 2. The molecule has 2 aromatic heterocycles. The predicted molar refractivity (Wildman–Crippen MR) is 85.8 cm³/mol. The average Bonchev–Trinajstić information content (AvgIpc) is 2.52. The summed E-state index contributed by atoms with van der Waals surface area (Å²) in [6.45, 7) is 2.88. The predicted octanol–water partition coefficient (Wildman–Crippen LogP) is -4.67. The topological polar surface area (TPSA) is 123 Å².